The minimum Gasteiger partial charge on any atom is -0.494 e. The van der Waals surface area contributed by atoms with Crippen LogP contribution >= 0.6 is 12.2 Å². The number of nitrogens with one attached hydrogen (secondary N) is 2. The first-order valence-electron chi connectivity index (χ1n) is 11.7. The first-order chi connectivity index (χ1) is 16.0. The summed E-state index contributed by atoms with van der Waals surface area (Å²) < 4.78 is 7.85. The van der Waals surface area contributed by atoms with Crippen LogP contribution in [-0.2, 0) is 16.1 Å². The van der Waals surface area contributed by atoms with Crippen molar-refractivity contribution in [2.24, 2.45) is 0 Å². The number of ether oxygens (including phenoxy) is 1. The molecule has 180 valence electrons. The molecule has 2 heterocycles. The number of unbranched alkanes of at least 4 members (excludes halogenated alkanes) is 1. The van der Waals surface area contributed by atoms with E-state index in [2.05, 4.69) is 27.3 Å². The zero-order valence-corrected chi connectivity index (χ0v) is 20.3. The van der Waals surface area contributed by atoms with E-state index in [4.69, 9.17) is 17.0 Å². The third-order valence-electron chi connectivity index (χ3n) is 5.68. The molecule has 0 unspecified atom stereocenters. The molecule has 1 aromatic heterocycles. The summed E-state index contributed by atoms with van der Waals surface area (Å²) in [5, 5.41) is 10.1. The van der Waals surface area contributed by atoms with Gasteiger partial charge in [0, 0.05) is 51.3 Å². The summed E-state index contributed by atoms with van der Waals surface area (Å²) in [4.78, 5) is 28.8. The third-order valence-corrected chi connectivity index (χ3v) is 5.99. The Morgan fingerprint density at radius 1 is 1.15 bits per heavy atom. The standard InChI is InChI=1S/C23H34N6O3S/c1-3-5-11-24-20(30)17-27-13-15-28(16-14-27)21(31)10-12-29-22(25-26-23(29)33)18-6-8-19(9-7-18)32-4-2/h6-9H,3-5,10-17H2,1-2H3,(H,24,30)(H,26,33). The number of hydrogen-bond donors (Lipinski definition) is 2. The number of carbonyl (C=O) groups is 2. The number of hydrogen-bond acceptors (Lipinski definition) is 6. The fourth-order valence-corrected chi connectivity index (χ4v) is 4.02. The number of aromatic nitrogens is 3. The minimum absolute atomic E-state index is 0.0550. The average Bonchev–Trinajstić information content (AvgIpc) is 3.19. The highest BCUT2D eigenvalue weighted by atomic mass is 32.1. The molecule has 3 rings (SSSR count). The summed E-state index contributed by atoms with van der Waals surface area (Å²) in [6.45, 7) is 8.89. The predicted molar refractivity (Wildman–Crippen MR) is 130 cm³/mol. The molecule has 10 heteroatoms. The van der Waals surface area contributed by atoms with Gasteiger partial charge in [-0.25, -0.2) is 0 Å². The normalized spacial score (nSPS) is 14.3. The summed E-state index contributed by atoms with van der Waals surface area (Å²) in [6, 6.07) is 7.67. The molecule has 9 nitrogen and oxygen atoms in total. The van der Waals surface area contributed by atoms with Crippen molar-refractivity contribution in [2.45, 2.75) is 39.7 Å². The van der Waals surface area contributed by atoms with Crippen molar-refractivity contribution in [3.05, 3.63) is 29.0 Å². The fourth-order valence-electron chi connectivity index (χ4n) is 3.80. The first kappa shape index (κ1) is 24.9. The summed E-state index contributed by atoms with van der Waals surface area (Å²) in [6.07, 6.45) is 2.40. The summed E-state index contributed by atoms with van der Waals surface area (Å²) in [7, 11) is 0. The van der Waals surface area contributed by atoms with Gasteiger partial charge in [0.1, 0.15) is 5.75 Å². The van der Waals surface area contributed by atoms with Gasteiger partial charge in [0.25, 0.3) is 0 Å². The Kier molecular flexibility index (Phi) is 9.44. The van der Waals surface area contributed by atoms with Crippen LogP contribution in [0, 0.1) is 4.77 Å². The predicted octanol–water partition coefficient (Wildman–Crippen LogP) is 2.46. The van der Waals surface area contributed by atoms with E-state index in [1.807, 2.05) is 40.7 Å². The molecule has 0 spiro atoms. The van der Waals surface area contributed by atoms with Gasteiger partial charge >= 0.3 is 0 Å². The topological polar surface area (TPSA) is 95.5 Å². The number of H-pyrrole nitrogens is 1. The molecule has 0 aliphatic carbocycles. The average molecular weight is 475 g/mol. The Bertz CT molecular complexity index is 963. The Morgan fingerprint density at radius 3 is 2.55 bits per heavy atom. The van der Waals surface area contributed by atoms with Crippen LogP contribution in [0.5, 0.6) is 5.75 Å². The van der Waals surface area contributed by atoms with E-state index in [-0.39, 0.29) is 11.8 Å². The Morgan fingerprint density at radius 2 is 1.88 bits per heavy atom. The van der Waals surface area contributed by atoms with Gasteiger partial charge in [-0.3, -0.25) is 24.2 Å². The van der Waals surface area contributed by atoms with E-state index in [9.17, 15) is 9.59 Å². The van der Waals surface area contributed by atoms with Crippen LogP contribution in [0.4, 0.5) is 0 Å². The van der Waals surface area contributed by atoms with Gasteiger partial charge in [0.15, 0.2) is 10.6 Å². The number of nitrogens with zero attached hydrogens (tertiary/aromatic N) is 4. The van der Waals surface area contributed by atoms with Gasteiger partial charge < -0.3 is 15.0 Å². The van der Waals surface area contributed by atoms with Crippen molar-refractivity contribution in [1.82, 2.24) is 29.9 Å². The monoisotopic (exact) mass is 474 g/mol. The molecule has 2 aromatic rings. The number of rotatable bonds is 11. The van der Waals surface area contributed by atoms with E-state index in [0.29, 0.717) is 62.9 Å². The Labute approximate surface area is 200 Å². The third kappa shape index (κ3) is 7.13. The van der Waals surface area contributed by atoms with Crippen molar-refractivity contribution >= 4 is 24.0 Å². The SMILES string of the molecule is CCCCNC(=O)CN1CCN(C(=O)CCn2c(-c3ccc(OCC)cc3)n[nH]c2=S)CC1. The molecule has 1 saturated heterocycles. The molecular weight excluding hydrogens is 440 g/mol. The number of carbonyl (C=O) groups excluding carboxylic acids is 2. The summed E-state index contributed by atoms with van der Waals surface area (Å²) >= 11 is 5.39. The number of piperazine rings is 1. The van der Waals surface area contributed by atoms with Gasteiger partial charge in [-0.05, 0) is 49.8 Å². The lowest BCUT2D eigenvalue weighted by Crippen LogP contribution is -2.51. The number of amides is 2. The second kappa shape index (κ2) is 12.5. The lowest BCUT2D eigenvalue weighted by Gasteiger charge is -2.34. The quantitative estimate of drug-likeness (QED) is 0.384. The van der Waals surface area contributed by atoms with E-state index < -0.39 is 0 Å². The zero-order chi connectivity index (χ0) is 23.6. The smallest absolute Gasteiger partial charge is 0.234 e. The van der Waals surface area contributed by atoms with Gasteiger partial charge in [-0.1, -0.05) is 13.3 Å². The molecule has 1 fully saturated rings. The van der Waals surface area contributed by atoms with Gasteiger partial charge in [-0.15, -0.1) is 0 Å². The van der Waals surface area contributed by atoms with Crippen molar-refractivity contribution in [3.8, 4) is 17.1 Å². The molecular formula is C23H34N6O3S. The molecule has 2 amide bonds. The van der Waals surface area contributed by atoms with E-state index in [1.165, 1.54) is 0 Å². The second-order valence-corrected chi connectivity index (χ2v) is 8.46. The van der Waals surface area contributed by atoms with Crippen molar-refractivity contribution in [2.75, 3.05) is 45.9 Å². The largest absolute Gasteiger partial charge is 0.494 e. The Balaban J connectivity index is 1.49. The maximum Gasteiger partial charge on any atom is 0.234 e. The van der Waals surface area contributed by atoms with Crippen LogP contribution in [0.3, 0.4) is 0 Å². The van der Waals surface area contributed by atoms with Crippen LogP contribution in [-0.4, -0.2) is 82.3 Å². The van der Waals surface area contributed by atoms with E-state index in [0.717, 1.165) is 30.7 Å². The highest BCUT2D eigenvalue weighted by Crippen LogP contribution is 2.21. The zero-order valence-electron chi connectivity index (χ0n) is 19.5. The molecule has 0 atom stereocenters. The van der Waals surface area contributed by atoms with Crippen LogP contribution in [0.15, 0.2) is 24.3 Å². The fraction of sp³-hybridized carbons (Fsp3) is 0.565. The molecule has 33 heavy (non-hydrogen) atoms. The lowest BCUT2D eigenvalue weighted by atomic mass is 10.2. The van der Waals surface area contributed by atoms with Crippen molar-refractivity contribution in [1.29, 1.82) is 0 Å². The number of aromatic amines is 1. The van der Waals surface area contributed by atoms with Crippen LogP contribution in [0.1, 0.15) is 33.1 Å². The molecule has 1 aliphatic rings. The summed E-state index contributed by atoms with van der Waals surface area (Å²) in [5.74, 6) is 1.65. The van der Waals surface area contributed by atoms with Crippen LogP contribution in [0.2, 0.25) is 0 Å². The highest BCUT2D eigenvalue weighted by molar-refractivity contribution is 7.71. The van der Waals surface area contributed by atoms with Crippen LogP contribution < -0.4 is 10.1 Å². The van der Waals surface area contributed by atoms with E-state index in [1.54, 1.807) is 0 Å². The maximum atomic E-state index is 12.8. The molecule has 0 radical (unpaired) electrons. The van der Waals surface area contributed by atoms with Gasteiger partial charge in [0.2, 0.25) is 11.8 Å². The maximum absolute atomic E-state index is 12.8. The Hall–Kier alpha value is -2.72. The van der Waals surface area contributed by atoms with Crippen molar-refractivity contribution in [3.63, 3.8) is 0 Å². The molecule has 1 aliphatic heterocycles. The second-order valence-electron chi connectivity index (χ2n) is 8.07. The molecule has 0 saturated carbocycles. The first-order valence-corrected chi connectivity index (χ1v) is 12.1. The highest BCUT2D eigenvalue weighted by Gasteiger charge is 2.22. The summed E-state index contributed by atoms with van der Waals surface area (Å²) in [5.41, 5.74) is 0.907. The van der Waals surface area contributed by atoms with Crippen LogP contribution in [0.25, 0.3) is 11.4 Å². The van der Waals surface area contributed by atoms with E-state index >= 15 is 0 Å². The lowest BCUT2D eigenvalue weighted by molar-refractivity contribution is -0.133. The van der Waals surface area contributed by atoms with Crippen molar-refractivity contribution < 1.29 is 14.3 Å². The van der Waals surface area contributed by atoms with Gasteiger partial charge in [-0.2, -0.15) is 5.10 Å². The number of benzene rings is 1. The molecule has 1 aromatic carbocycles. The molecule has 0 bridgehead atoms. The van der Waals surface area contributed by atoms with Gasteiger partial charge in [0.05, 0.1) is 13.2 Å². The molecule has 2 N–H and O–H groups in total. The minimum atomic E-state index is 0.0550.